The zero-order valence-electron chi connectivity index (χ0n) is 9.87. The lowest BCUT2D eigenvalue weighted by Gasteiger charge is -2.22. The first-order chi connectivity index (χ1) is 8.83. The van der Waals surface area contributed by atoms with Gasteiger partial charge < -0.3 is 0 Å². The van der Waals surface area contributed by atoms with Crippen molar-refractivity contribution in [1.29, 1.82) is 0 Å². The molecule has 1 heterocycles. The molecule has 0 amide bonds. The molecule has 0 aromatic heterocycles. The van der Waals surface area contributed by atoms with Crippen LogP contribution in [0.1, 0.15) is 12.0 Å². The molecule has 1 nitrogen and oxygen atoms in total. The normalized spacial score (nSPS) is 20.9. The maximum absolute atomic E-state index is 4.93. The first-order valence-corrected chi connectivity index (χ1v) is 8.27. The molecule has 0 radical (unpaired) electrons. The average molecular weight is 367 g/mol. The van der Waals surface area contributed by atoms with Crippen LogP contribution in [0.15, 0.2) is 46.6 Å². The van der Waals surface area contributed by atoms with Gasteiger partial charge in [-0.2, -0.15) is 0 Å². The number of nitrogens with zero attached hydrogens (tertiary/aromatic N) is 1. The van der Waals surface area contributed by atoms with Crippen molar-refractivity contribution >= 4 is 37.9 Å². The minimum absolute atomic E-state index is 0.445. The Morgan fingerprint density at radius 3 is 2.89 bits per heavy atom. The molecule has 0 N–H and O–H groups in total. The molecule has 0 bridgehead atoms. The third-order valence-electron chi connectivity index (χ3n) is 3.44. The van der Waals surface area contributed by atoms with E-state index < -0.39 is 0 Å². The molecule has 1 atom stereocenters. The van der Waals surface area contributed by atoms with E-state index in [4.69, 9.17) is 4.99 Å². The lowest BCUT2D eigenvalue weighted by Crippen LogP contribution is -2.33. The number of benzene rings is 1. The molecule has 0 saturated carbocycles. The van der Waals surface area contributed by atoms with Gasteiger partial charge >= 0.3 is 0 Å². The fourth-order valence-electron chi connectivity index (χ4n) is 2.53. The van der Waals surface area contributed by atoms with Crippen LogP contribution in [0.3, 0.4) is 0 Å². The minimum atomic E-state index is 0.445. The maximum atomic E-state index is 4.93. The van der Waals surface area contributed by atoms with E-state index in [1.807, 2.05) is 0 Å². The second-order valence-electron chi connectivity index (χ2n) is 4.56. The van der Waals surface area contributed by atoms with Crippen LogP contribution in [0.2, 0.25) is 0 Å². The van der Waals surface area contributed by atoms with Crippen LogP contribution < -0.4 is 10.6 Å². The van der Waals surface area contributed by atoms with E-state index in [-0.39, 0.29) is 0 Å². The zero-order valence-corrected chi connectivity index (χ0v) is 13.0. The Hall–Kier alpha value is -0.670. The number of alkyl halides is 2. The molecule has 0 spiro atoms. The molecule has 92 valence electrons. The number of hydrogen-bond donors (Lipinski definition) is 0. The molecule has 3 heteroatoms. The van der Waals surface area contributed by atoms with Crippen LogP contribution in [-0.4, -0.2) is 5.33 Å². The molecule has 1 aliphatic heterocycles. The van der Waals surface area contributed by atoms with E-state index in [9.17, 15) is 0 Å². The van der Waals surface area contributed by atoms with Gasteiger partial charge in [-0.05, 0) is 22.8 Å². The smallest absolute Gasteiger partial charge is 0.0743 e. The second-order valence-corrected chi connectivity index (χ2v) is 5.68. The average Bonchev–Trinajstić information content (AvgIpc) is 2.43. The number of rotatable bonds is 2. The summed E-state index contributed by atoms with van der Waals surface area (Å²) in [6.07, 6.45) is 7.86. The Bertz CT molecular complexity index is 656. The first-order valence-electron chi connectivity index (χ1n) is 6.03. The van der Waals surface area contributed by atoms with Crippen molar-refractivity contribution < 1.29 is 0 Å². The summed E-state index contributed by atoms with van der Waals surface area (Å²) in [5.74, 6) is 0.445. The van der Waals surface area contributed by atoms with E-state index in [1.165, 1.54) is 22.1 Å². The highest BCUT2D eigenvalue weighted by Gasteiger charge is 2.20. The summed E-state index contributed by atoms with van der Waals surface area (Å²) < 4.78 is 0. The van der Waals surface area contributed by atoms with E-state index in [0.717, 1.165) is 22.4 Å². The SMILES string of the molecule is BrCC1=C2N=c3c(CBr)cccc3=CC2CC=C1. The molecule has 3 rings (SSSR count). The topological polar surface area (TPSA) is 12.4 Å². The monoisotopic (exact) mass is 365 g/mol. The van der Waals surface area contributed by atoms with Crippen molar-refractivity contribution in [1.82, 2.24) is 0 Å². The van der Waals surface area contributed by atoms with Crippen LogP contribution in [-0.2, 0) is 5.33 Å². The Kier molecular flexibility index (Phi) is 3.53. The zero-order chi connectivity index (χ0) is 12.5. The summed E-state index contributed by atoms with van der Waals surface area (Å²) in [5, 5.41) is 4.13. The van der Waals surface area contributed by atoms with Crippen molar-refractivity contribution in [2.45, 2.75) is 11.8 Å². The summed E-state index contributed by atoms with van der Waals surface area (Å²) in [5.41, 5.74) is 3.80. The number of fused-ring (bicyclic) bond motifs is 2. The van der Waals surface area contributed by atoms with Gasteiger partial charge in [-0.25, -0.2) is 0 Å². The molecule has 0 saturated heterocycles. The Balaban J connectivity index is 2.30. The predicted molar refractivity (Wildman–Crippen MR) is 82.4 cm³/mol. The van der Waals surface area contributed by atoms with Gasteiger partial charge in [0.25, 0.3) is 0 Å². The van der Waals surface area contributed by atoms with E-state index in [2.05, 4.69) is 68.3 Å². The highest BCUT2D eigenvalue weighted by Crippen LogP contribution is 2.29. The minimum Gasteiger partial charge on any atom is -0.252 e. The lowest BCUT2D eigenvalue weighted by molar-refractivity contribution is 0.756. The number of para-hydroxylation sites is 1. The standard InChI is InChI=1S/C15H13Br2N/c16-8-12-5-1-3-10-7-11-4-2-6-13(9-17)15(11)18-14(10)12/h1-3,5-7,11H,4,8-9H2. The molecule has 1 unspecified atom stereocenters. The summed E-state index contributed by atoms with van der Waals surface area (Å²) in [6.45, 7) is 0. The van der Waals surface area contributed by atoms with Crippen LogP contribution in [0.25, 0.3) is 6.08 Å². The van der Waals surface area contributed by atoms with Gasteiger partial charge in [0.1, 0.15) is 0 Å². The molecule has 0 fully saturated rings. The van der Waals surface area contributed by atoms with Crippen LogP contribution in [0.5, 0.6) is 0 Å². The summed E-state index contributed by atoms with van der Waals surface area (Å²) in [6, 6.07) is 6.41. The van der Waals surface area contributed by atoms with Crippen molar-refractivity contribution in [2.75, 3.05) is 5.33 Å². The Labute approximate surface area is 123 Å². The van der Waals surface area contributed by atoms with Gasteiger partial charge in [-0.15, -0.1) is 0 Å². The van der Waals surface area contributed by atoms with E-state index in [1.54, 1.807) is 0 Å². The molecular weight excluding hydrogens is 354 g/mol. The van der Waals surface area contributed by atoms with Crippen molar-refractivity contribution in [3.05, 3.63) is 57.8 Å². The Morgan fingerprint density at radius 1 is 1.22 bits per heavy atom. The summed E-state index contributed by atoms with van der Waals surface area (Å²) in [4.78, 5) is 4.93. The number of allylic oxidation sites excluding steroid dienone is 4. The first kappa shape index (κ1) is 12.4. The van der Waals surface area contributed by atoms with Gasteiger partial charge in [0.15, 0.2) is 0 Å². The molecule has 2 aliphatic rings. The summed E-state index contributed by atoms with van der Waals surface area (Å²) >= 11 is 7.10. The third-order valence-corrected chi connectivity index (χ3v) is 4.65. The quantitative estimate of drug-likeness (QED) is 0.712. The third kappa shape index (κ3) is 2.04. The fraction of sp³-hybridized carbons (Fsp3) is 0.267. The largest absolute Gasteiger partial charge is 0.252 e. The second kappa shape index (κ2) is 5.14. The molecule has 1 aliphatic carbocycles. The highest BCUT2D eigenvalue weighted by molar-refractivity contribution is 9.09. The van der Waals surface area contributed by atoms with Crippen molar-refractivity contribution in [3.8, 4) is 0 Å². The molecular formula is C15H13Br2N. The number of halogens is 2. The van der Waals surface area contributed by atoms with Gasteiger partial charge in [0.2, 0.25) is 0 Å². The van der Waals surface area contributed by atoms with Crippen LogP contribution in [0.4, 0.5) is 0 Å². The predicted octanol–water partition coefficient (Wildman–Crippen LogP) is 3.22. The Morgan fingerprint density at radius 2 is 2.11 bits per heavy atom. The van der Waals surface area contributed by atoms with Gasteiger partial charge in [0.05, 0.1) is 11.1 Å². The van der Waals surface area contributed by atoms with E-state index >= 15 is 0 Å². The highest BCUT2D eigenvalue weighted by atomic mass is 79.9. The maximum Gasteiger partial charge on any atom is 0.0743 e. The lowest BCUT2D eigenvalue weighted by atomic mass is 9.90. The van der Waals surface area contributed by atoms with Crippen molar-refractivity contribution in [2.24, 2.45) is 10.9 Å². The van der Waals surface area contributed by atoms with E-state index in [0.29, 0.717) is 5.92 Å². The van der Waals surface area contributed by atoms with Gasteiger partial charge in [0, 0.05) is 16.6 Å². The molecule has 1 aromatic carbocycles. The number of hydrogen-bond acceptors (Lipinski definition) is 1. The molecule has 18 heavy (non-hydrogen) atoms. The van der Waals surface area contributed by atoms with Gasteiger partial charge in [-0.3, -0.25) is 4.99 Å². The summed E-state index contributed by atoms with van der Waals surface area (Å²) in [7, 11) is 0. The van der Waals surface area contributed by atoms with Gasteiger partial charge in [-0.1, -0.05) is 68.3 Å². The molecule has 1 aromatic rings. The fourth-order valence-corrected chi connectivity index (χ4v) is 3.46. The van der Waals surface area contributed by atoms with Crippen LogP contribution >= 0.6 is 31.9 Å². The van der Waals surface area contributed by atoms with Crippen LogP contribution in [0, 0.1) is 5.92 Å². The van der Waals surface area contributed by atoms with Crippen molar-refractivity contribution in [3.63, 3.8) is 0 Å².